The molecule has 19 heavy (non-hydrogen) atoms. The molecule has 0 radical (unpaired) electrons. The molecule has 0 aliphatic heterocycles. The highest BCUT2D eigenvalue weighted by Gasteiger charge is 2.36. The molecule has 1 fully saturated rings. The average molecular weight is 272 g/mol. The van der Waals surface area contributed by atoms with Crippen molar-refractivity contribution in [1.82, 2.24) is 10.2 Å². The van der Waals surface area contributed by atoms with E-state index in [1.54, 1.807) is 11.9 Å². The summed E-state index contributed by atoms with van der Waals surface area (Å²) in [5, 5.41) is 22.0. The zero-order valence-corrected chi connectivity index (χ0v) is 11.7. The van der Waals surface area contributed by atoms with Gasteiger partial charge in [-0.3, -0.25) is 14.5 Å². The van der Waals surface area contributed by atoms with Gasteiger partial charge in [-0.25, -0.2) is 0 Å². The smallest absolute Gasteiger partial charge is 0.306 e. The number of rotatable bonds is 6. The fourth-order valence-corrected chi connectivity index (χ4v) is 2.62. The molecule has 1 aliphatic carbocycles. The number of carbonyl (C=O) groups excluding carboxylic acids is 1. The molecular weight excluding hydrogens is 248 g/mol. The third-order valence-electron chi connectivity index (χ3n) is 3.62. The van der Waals surface area contributed by atoms with Crippen LogP contribution in [0.25, 0.3) is 0 Å². The van der Waals surface area contributed by atoms with Crippen LogP contribution in [0.3, 0.4) is 0 Å². The zero-order valence-electron chi connectivity index (χ0n) is 11.7. The van der Waals surface area contributed by atoms with E-state index in [2.05, 4.69) is 5.32 Å². The van der Waals surface area contributed by atoms with E-state index in [0.717, 1.165) is 0 Å². The van der Waals surface area contributed by atoms with Crippen LogP contribution in [0.2, 0.25) is 0 Å². The van der Waals surface area contributed by atoms with Gasteiger partial charge in [0.2, 0.25) is 5.91 Å². The molecule has 0 aromatic rings. The van der Waals surface area contributed by atoms with Crippen molar-refractivity contribution in [2.45, 2.75) is 38.2 Å². The van der Waals surface area contributed by atoms with E-state index in [0.29, 0.717) is 38.8 Å². The maximum absolute atomic E-state index is 11.4. The second kappa shape index (κ2) is 6.86. The Labute approximate surface area is 113 Å². The number of amides is 1. The van der Waals surface area contributed by atoms with Crippen LogP contribution in [0.4, 0.5) is 0 Å². The quantitative estimate of drug-likeness (QED) is 0.636. The topological polar surface area (TPSA) is 89.9 Å². The molecule has 0 unspecified atom stereocenters. The molecule has 0 heterocycles. The lowest BCUT2D eigenvalue weighted by Crippen LogP contribution is -2.47. The van der Waals surface area contributed by atoms with Crippen LogP contribution in [0.15, 0.2) is 0 Å². The lowest BCUT2D eigenvalue weighted by Gasteiger charge is -2.37. The first kappa shape index (κ1) is 15.9. The van der Waals surface area contributed by atoms with Gasteiger partial charge >= 0.3 is 5.97 Å². The third kappa shape index (κ3) is 5.16. The molecule has 6 nitrogen and oxygen atoms in total. The van der Waals surface area contributed by atoms with Gasteiger partial charge in [-0.15, -0.1) is 0 Å². The van der Waals surface area contributed by atoms with E-state index in [-0.39, 0.29) is 18.4 Å². The number of nitrogens with one attached hydrogen (secondary N) is 1. The van der Waals surface area contributed by atoms with Gasteiger partial charge in [-0.2, -0.15) is 0 Å². The molecule has 0 aromatic carbocycles. The van der Waals surface area contributed by atoms with Gasteiger partial charge in [0.15, 0.2) is 0 Å². The average Bonchev–Trinajstić information content (AvgIpc) is 2.28. The standard InChI is InChI=1S/C13H24N2O4/c1-3-14-11(16)8-15(2)9-13(19)6-4-10(5-7-13)12(17)18/h10,19H,3-9H2,1-2H3,(H,14,16)(H,17,18). The lowest BCUT2D eigenvalue weighted by molar-refractivity contribution is -0.145. The van der Waals surface area contributed by atoms with Crippen LogP contribution in [0, 0.1) is 5.92 Å². The van der Waals surface area contributed by atoms with Gasteiger partial charge in [0.1, 0.15) is 0 Å². The van der Waals surface area contributed by atoms with Crippen molar-refractivity contribution < 1.29 is 19.8 Å². The number of aliphatic carboxylic acids is 1. The number of nitrogens with zero attached hydrogens (tertiary/aromatic N) is 1. The number of carboxylic acids is 1. The maximum atomic E-state index is 11.4. The van der Waals surface area contributed by atoms with Gasteiger partial charge in [0.25, 0.3) is 0 Å². The molecule has 0 spiro atoms. The number of likely N-dealkylation sites (N-methyl/N-ethyl adjacent to an activating group) is 2. The summed E-state index contributed by atoms with van der Waals surface area (Å²) < 4.78 is 0. The minimum atomic E-state index is -0.868. The van der Waals surface area contributed by atoms with Gasteiger partial charge < -0.3 is 15.5 Å². The Balaban J connectivity index is 2.39. The van der Waals surface area contributed by atoms with Crippen LogP contribution in [-0.2, 0) is 9.59 Å². The fourth-order valence-electron chi connectivity index (χ4n) is 2.62. The highest BCUT2D eigenvalue weighted by molar-refractivity contribution is 5.77. The van der Waals surface area contributed by atoms with E-state index in [1.807, 2.05) is 6.92 Å². The Morgan fingerprint density at radius 1 is 1.37 bits per heavy atom. The maximum Gasteiger partial charge on any atom is 0.306 e. The summed E-state index contributed by atoms with van der Waals surface area (Å²) in [6.07, 6.45) is 1.95. The van der Waals surface area contributed by atoms with Gasteiger partial charge in [-0.05, 0) is 39.7 Å². The number of carbonyl (C=O) groups is 2. The predicted octanol–water partition coefficient (Wildman–Crippen LogP) is 0.0602. The molecule has 0 bridgehead atoms. The minimum Gasteiger partial charge on any atom is -0.481 e. The van der Waals surface area contributed by atoms with Crippen molar-refractivity contribution >= 4 is 11.9 Å². The monoisotopic (exact) mass is 272 g/mol. The van der Waals surface area contributed by atoms with Crippen molar-refractivity contribution in [3.63, 3.8) is 0 Å². The third-order valence-corrected chi connectivity index (χ3v) is 3.62. The summed E-state index contributed by atoms with van der Waals surface area (Å²) >= 11 is 0. The van der Waals surface area contributed by atoms with Crippen molar-refractivity contribution in [3.05, 3.63) is 0 Å². The highest BCUT2D eigenvalue weighted by Crippen LogP contribution is 2.32. The van der Waals surface area contributed by atoms with Gasteiger partial charge in [0.05, 0.1) is 18.1 Å². The van der Waals surface area contributed by atoms with Crippen LogP contribution in [0.1, 0.15) is 32.6 Å². The van der Waals surface area contributed by atoms with Crippen molar-refractivity contribution in [2.24, 2.45) is 5.92 Å². The molecule has 0 atom stereocenters. The molecule has 3 N–H and O–H groups in total. The Morgan fingerprint density at radius 2 is 1.95 bits per heavy atom. The molecule has 1 amide bonds. The van der Waals surface area contributed by atoms with Gasteiger partial charge in [-0.1, -0.05) is 0 Å². The molecule has 1 rings (SSSR count). The van der Waals surface area contributed by atoms with Gasteiger partial charge in [0, 0.05) is 13.1 Å². The Bertz CT molecular complexity index is 325. The van der Waals surface area contributed by atoms with Crippen LogP contribution < -0.4 is 5.32 Å². The first-order valence-electron chi connectivity index (χ1n) is 6.77. The van der Waals surface area contributed by atoms with Crippen molar-refractivity contribution in [2.75, 3.05) is 26.7 Å². The molecule has 1 saturated carbocycles. The molecule has 0 aromatic heterocycles. The fraction of sp³-hybridized carbons (Fsp3) is 0.846. The number of hydrogen-bond acceptors (Lipinski definition) is 4. The summed E-state index contributed by atoms with van der Waals surface area (Å²) in [5.41, 5.74) is -0.868. The van der Waals surface area contributed by atoms with E-state index in [4.69, 9.17) is 5.11 Å². The first-order valence-corrected chi connectivity index (χ1v) is 6.77. The largest absolute Gasteiger partial charge is 0.481 e. The minimum absolute atomic E-state index is 0.0622. The second-order valence-electron chi connectivity index (χ2n) is 5.46. The number of aliphatic hydroxyl groups is 1. The Hall–Kier alpha value is -1.14. The number of carboxylic acid groups (broad SMARTS) is 1. The molecule has 6 heteroatoms. The number of hydrogen-bond donors (Lipinski definition) is 3. The van der Waals surface area contributed by atoms with Crippen molar-refractivity contribution in [1.29, 1.82) is 0 Å². The predicted molar refractivity (Wildman–Crippen MR) is 70.7 cm³/mol. The summed E-state index contributed by atoms with van der Waals surface area (Å²) in [6.45, 7) is 3.10. The normalized spacial score (nSPS) is 27.3. The summed E-state index contributed by atoms with van der Waals surface area (Å²) in [5.74, 6) is -1.18. The van der Waals surface area contributed by atoms with E-state index in [1.165, 1.54) is 0 Å². The van der Waals surface area contributed by atoms with Crippen LogP contribution in [0.5, 0.6) is 0 Å². The van der Waals surface area contributed by atoms with Crippen molar-refractivity contribution in [3.8, 4) is 0 Å². The second-order valence-corrected chi connectivity index (χ2v) is 5.46. The summed E-state index contributed by atoms with van der Waals surface area (Å²) in [7, 11) is 1.79. The van der Waals surface area contributed by atoms with Crippen LogP contribution in [-0.4, -0.2) is 59.3 Å². The first-order chi connectivity index (χ1) is 8.86. The van der Waals surface area contributed by atoms with E-state index < -0.39 is 11.6 Å². The zero-order chi connectivity index (χ0) is 14.5. The Kier molecular flexibility index (Phi) is 5.75. The van der Waals surface area contributed by atoms with E-state index in [9.17, 15) is 14.7 Å². The summed E-state index contributed by atoms with van der Waals surface area (Å²) in [4.78, 5) is 24.1. The lowest BCUT2D eigenvalue weighted by atomic mass is 9.78. The summed E-state index contributed by atoms with van der Waals surface area (Å²) in [6, 6.07) is 0. The van der Waals surface area contributed by atoms with E-state index >= 15 is 0 Å². The molecular formula is C13H24N2O4. The Morgan fingerprint density at radius 3 is 2.42 bits per heavy atom. The molecule has 110 valence electrons. The highest BCUT2D eigenvalue weighted by atomic mass is 16.4. The molecule has 1 aliphatic rings. The molecule has 0 saturated heterocycles. The SMILES string of the molecule is CCNC(=O)CN(C)CC1(O)CCC(C(=O)O)CC1. The van der Waals surface area contributed by atoms with Crippen LogP contribution >= 0.6 is 0 Å².